The van der Waals surface area contributed by atoms with Gasteiger partial charge in [0.05, 0.1) is 5.69 Å². The molecule has 1 nitrogen and oxygen atoms in total. The number of nitrogen functional groups attached to an aromatic ring is 1. The minimum absolute atomic E-state index is 0.158. The lowest BCUT2D eigenvalue weighted by Gasteiger charge is -2.28. The maximum Gasteiger partial charge on any atom is 0.460 e. The molecule has 102 valence electrons. The summed E-state index contributed by atoms with van der Waals surface area (Å²) < 4.78 is 99.7. The molecule has 0 saturated heterocycles. The van der Waals surface area contributed by atoms with Gasteiger partial charge in [-0.3, -0.25) is 0 Å². The lowest BCUT2D eigenvalue weighted by Crippen LogP contribution is -2.50. The van der Waals surface area contributed by atoms with Gasteiger partial charge in [0.2, 0.25) is 0 Å². The van der Waals surface area contributed by atoms with E-state index in [1.54, 1.807) is 0 Å². The number of rotatable bonds is 2. The third kappa shape index (κ3) is 2.08. The Morgan fingerprint density at radius 2 is 1.39 bits per heavy atom. The predicted molar refractivity (Wildman–Crippen MR) is 45.7 cm³/mol. The SMILES string of the molecule is Nc1ccc(C(F)(F)C(F)(F)C(F)(F)F)cc1F. The second-order valence-electron chi connectivity index (χ2n) is 3.38. The van der Waals surface area contributed by atoms with Crippen LogP contribution in [-0.4, -0.2) is 12.1 Å². The third-order valence-electron chi connectivity index (χ3n) is 2.11. The number of hydrogen-bond donors (Lipinski definition) is 1. The molecule has 0 spiro atoms. The molecular weight excluding hydrogens is 274 g/mol. The first-order chi connectivity index (χ1) is 7.91. The molecule has 18 heavy (non-hydrogen) atoms. The monoisotopic (exact) mass is 279 g/mol. The van der Waals surface area contributed by atoms with E-state index in [1.807, 2.05) is 0 Å². The summed E-state index contributed by atoms with van der Waals surface area (Å²) in [6.45, 7) is 0. The van der Waals surface area contributed by atoms with E-state index >= 15 is 0 Å². The Balaban J connectivity index is 3.33. The Labute approximate surface area is 95.2 Å². The van der Waals surface area contributed by atoms with Gasteiger partial charge in [0.15, 0.2) is 0 Å². The van der Waals surface area contributed by atoms with E-state index in [-0.39, 0.29) is 12.1 Å². The summed E-state index contributed by atoms with van der Waals surface area (Å²) in [5, 5.41) is 0. The van der Waals surface area contributed by atoms with Gasteiger partial charge in [0.1, 0.15) is 5.82 Å². The van der Waals surface area contributed by atoms with Crippen LogP contribution in [0.4, 0.5) is 40.8 Å². The quantitative estimate of drug-likeness (QED) is 0.648. The molecule has 0 atom stereocenters. The molecule has 2 N–H and O–H groups in total. The van der Waals surface area contributed by atoms with Crippen molar-refractivity contribution in [3.63, 3.8) is 0 Å². The first-order valence-corrected chi connectivity index (χ1v) is 4.29. The van der Waals surface area contributed by atoms with Crippen LogP contribution in [-0.2, 0) is 5.92 Å². The molecule has 0 saturated carbocycles. The highest BCUT2D eigenvalue weighted by atomic mass is 19.4. The summed E-state index contributed by atoms with van der Waals surface area (Å²) in [6.07, 6.45) is -6.46. The number of hydrogen-bond acceptors (Lipinski definition) is 1. The van der Waals surface area contributed by atoms with E-state index in [2.05, 4.69) is 0 Å². The van der Waals surface area contributed by atoms with Crippen molar-refractivity contribution in [1.82, 2.24) is 0 Å². The summed E-state index contributed by atoms with van der Waals surface area (Å²) >= 11 is 0. The number of halogens is 8. The van der Waals surface area contributed by atoms with Crippen molar-refractivity contribution >= 4 is 5.69 Å². The van der Waals surface area contributed by atoms with E-state index in [0.29, 0.717) is 6.07 Å². The lowest BCUT2D eigenvalue weighted by atomic mass is 10.0. The number of anilines is 1. The van der Waals surface area contributed by atoms with Crippen LogP contribution in [0.15, 0.2) is 18.2 Å². The Morgan fingerprint density at radius 1 is 0.889 bits per heavy atom. The second kappa shape index (κ2) is 3.99. The van der Waals surface area contributed by atoms with Gasteiger partial charge >= 0.3 is 18.0 Å². The molecule has 0 radical (unpaired) electrons. The van der Waals surface area contributed by atoms with Crippen LogP contribution in [0.25, 0.3) is 0 Å². The molecule has 0 fully saturated rings. The van der Waals surface area contributed by atoms with Gasteiger partial charge in [-0.15, -0.1) is 0 Å². The van der Waals surface area contributed by atoms with E-state index in [9.17, 15) is 35.1 Å². The average Bonchev–Trinajstić information content (AvgIpc) is 2.20. The highest BCUT2D eigenvalue weighted by Crippen LogP contribution is 2.51. The Kier molecular flexibility index (Phi) is 3.22. The average molecular weight is 279 g/mol. The van der Waals surface area contributed by atoms with Crippen LogP contribution in [0.3, 0.4) is 0 Å². The van der Waals surface area contributed by atoms with Crippen LogP contribution >= 0.6 is 0 Å². The minimum Gasteiger partial charge on any atom is -0.396 e. The van der Waals surface area contributed by atoms with Gasteiger partial charge in [0.25, 0.3) is 0 Å². The van der Waals surface area contributed by atoms with Gasteiger partial charge in [0, 0.05) is 5.56 Å². The highest BCUT2D eigenvalue weighted by Gasteiger charge is 2.73. The Morgan fingerprint density at radius 3 is 1.78 bits per heavy atom. The van der Waals surface area contributed by atoms with Crippen LogP contribution in [0.2, 0.25) is 0 Å². The molecule has 0 amide bonds. The Hall–Kier alpha value is -1.54. The molecule has 1 aromatic carbocycles. The Bertz CT molecular complexity index is 450. The van der Waals surface area contributed by atoms with Crippen molar-refractivity contribution in [2.24, 2.45) is 0 Å². The predicted octanol–water partition coefficient (Wildman–Crippen LogP) is 3.70. The van der Waals surface area contributed by atoms with E-state index in [0.717, 1.165) is 0 Å². The molecule has 1 aromatic rings. The van der Waals surface area contributed by atoms with Crippen LogP contribution in [0.1, 0.15) is 5.56 Å². The van der Waals surface area contributed by atoms with Gasteiger partial charge in [-0.2, -0.15) is 30.7 Å². The summed E-state index contributed by atoms with van der Waals surface area (Å²) in [7, 11) is 0. The molecule has 0 aliphatic heterocycles. The molecule has 0 aliphatic rings. The van der Waals surface area contributed by atoms with Crippen molar-refractivity contribution in [3.05, 3.63) is 29.6 Å². The van der Waals surface area contributed by atoms with Crippen molar-refractivity contribution in [1.29, 1.82) is 0 Å². The van der Waals surface area contributed by atoms with Crippen molar-refractivity contribution < 1.29 is 35.1 Å². The largest absolute Gasteiger partial charge is 0.460 e. The summed E-state index contributed by atoms with van der Waals surface area (Å²) in [4.78, 5) is 0. The van der Waals surface area contributed by atoms with Gasteiger partial charge in [-0.25, -0.2) is 4.39 Å². The van der Waals surface area contributed by atoms with Crippen molar-refractivity contribution in [2.75, 3.05) is 5.73 Å². The van der Waals surface area contributed by atoms with E-state index in [4.69, 9.17) is 5.73 Å². The summed E-state index contributed by atoms with van der Waals surface area (Å²) in [5.74, 6) is -13.4. The number of benzene rings is 1. The van der Waals surface area contributed by atoms with Crippen LogP contribution in [0.5, 0.6) is 0 Å². The maximum absolute atomic E-state index is 13.1. The topological polar surface area (TPSA) is 26.0 Å². The molecule has 0 bridgehead atoms. The third-order valence-corrected chi connectivity index (χ3v) is 2.11. The number of nitrogens with two attached hydrogens (primary N) is 1. The molecule has 0 aromatic heterocycles. The maximum atomic E-state index is 13.1. The fourth-order valence-corrected chi connectivity index (χ4v) is 1.08. The molecule has 1 rings (SSSR count). The fourth-order valence-electron chi connectivity index (χ4n) is 1.08. The summed E-state index contributed by atoms with van der Waals surface area (Å²) in [6, 6.07) is 0.526. The second-order valence-corrected chi connectivity index (χ2v) is 3.38. The molecule has 9 heteroatoms. The minimum atomic E-state index is -6.46. The van der Waals surface area contributed by atoms with Crippen LogP contribution in [0, 0.1) is 5.82 Å². The smallest absolute Gasteiger partial charge is 0.396 e. The highest BCUT2D eigenvalue weighted by molar-refractivity contribution is 5.42. The fraction of sp³-hybridized carbons (Fsp3) is 0.333. The zero-order valence-corrected chi connectivity index (χ0v) is 8.33. The normalized spacial score (nSPS) is 13.8. The lowest BCUT2D eigenvalue weighted by molar-refractivity contribution is -0.359. The van der Waals surface area contributed by atoms with Gasteiger partial charge < -0.3 is 5.73 Å². The van der Waals surface area contributed by atoms with E-state index in [1.165, 1.54) is 0 Å². The first kappa shape index (κ1) is 14.5. The molecule has 0 aliphatic carbocycles. The van der Waals surface area contributed by atoms with E-state index < -0.39 is 35.1 Å². The first-order valence-electron chi connectivity index (χ1n) is 4.29. The standard InChI is InChI=1S/C9H5F8N/c10-5-3-4(1-2-6(5)18)7(11,12)8(13,14)9(15,16)17/h1-3H,18H2. The molecule has 0 unspecified atom stereocenters. The summed E-state index contributed by atoms with van der Waals surface area (Å²) in [5.41, 5.74) is 2.44. The van der Waals surface area contributed by atoms with Gasteiger partial charge in [-0.1, -0.05) is 6.07 Å². The molecule has 0 heterocycles. The number of alkyl halides is 7. The van der Waals surface area contributed by atoms with Crippen molar-refractivity contribution in [3.8, 4) is 0 Å². The van der Waals surface area contributed by atoms with Crippen molar-refractivity contribution in [2.45, 2.75) is 18.0 Å². The van der Waals surface area contributed by atoms with Crippen LogP contribution < -0.4 is 5.73 Å². The molecular formula is C9H5F8N. The zero-order chi connectivity index (χ0) is 14.4. The zero-order valence-electron chi connectivity index (χ0n) is 8.33. The van der Waals surface area contributed by atoms with Gasteiger partial charge in [-0.05, 0) is 12.1 Å².